The van der Waals surface area contributed by atoms with Gasteiger partial charge < -0.3 is 4.52 Å². The highest BCUT2D eigenvalue weighted by atomic mass is 16.5. The van der Waals surface area contributed by atoms with Gasteiger partial charge in [0.2, 0.25) is 0 Å². The van der Waals surface area contributed by atoms with Gasteiger partial charge in [0.05, 0.1) is 5.69 Å². The second-order valence-corrected chi connectivity index (χ2v) is 8.43. The van der Waals surface area contributed by atoms with Gasteiger partial charge in [0.1, 0.15) is 5.82 Å². The average Bonchev–Trinajstić information content (AvgIpc) is 3.19. The molecule has 0 N–H and O–H groups in total. The van der Waals surface area contributed by atoms with E-state index in [4.69, 9.17) is 9.51 Å². The topological polar surface area (TPSA) is 64.7 Å². The maximum Gasteiger partial charge on any atom is 0.167 e. The summed E-state index contributed by atoms with van der Waals surface area (Å²) in [6.07, 6.45) is 5.54. The summed E-state index contributed by atoms with van der Waals surface area (Å²) >= 11 is 0. The van der Waals surface area contributed by atoms with Crippen molar-refractivity contribution in [3.63, 3.8) is 0 Å². The fraction of sp³-hybridized carbons (Fsp3) is 0.360. The van der Waals surface area contributed by atoms with Crippen molar-refractivity contribution in [2.24, 2.45) is 0 Å². The summed E-state index contributed by atoms with van der Waals surface area (Å²) < 4.78 is 5.45. The van der Waals surface area contributed by atoms with Gasteiger partial charge in [-0.1, -0.05) is 51.1 Å². The molecule has 0 aliphatic carbocycles. The van der Waals surface area contributed by atoms with Crippen LogP contribution in [-0.4, -0.2) is 20.1 Å². The largest absolute Gasteiger partial charge is 0.356 e. The summed E-state index contributed by atoms with van der Waals surface area (Å²) in [7, 11) is 0. The van der Waals surface area contributed by atoms with Crippen LogP contribution in [0.5, 0.6) is 0 Å². The van der Waals surface area contributed by atoms with Crippen molar-refractivity contribution in [1.82, 2.24) is 20.1 Å². The van der Waals surface area contributed by atoms with Crippen LogP contribution in [0.2, 0.25) is 0 Å². The molecule has 4 aromatic rings. The molecule has 0 aliphatic heterocycles. The molecule has 4 rings (SSSR count). The monoisotopic (exact) mass is 400 g/mol. The molecule has 0 spiro atoms. The van der Waals surface area contributed by atoms with Crippen LogP contribution in [0.25, 0.3) is 11.0 Å². The number of benzene rings is 1. The number of para-hydroxylation sites is 1. The molecule has 0 amide bonds. The van der Waals surface area contributed by atoms with Crippen LogP contribution in [0.1, 0.15) is 73.9 Å². The summed E-state index contributed by atoms with van der Waals surface area (Å²) in [6, 6.07) is 14.2. The molecular weight excluding hydrogens is 372 g/mol. The standard InChI is InChI=1S/C25H28N4O/c1-16(2)22-10-7-8-20(28-22)13-18(4)25-26-14-19(15-27-25)12-17(3)24-21-9-5-6-11-23(21)30-29-24/h5-11,14-18H,12-13H2,1-4H3. The van der Waals surface area contributed by atoms with E-state index < -0.39 is 0 Å². The predicted octanol–water partition coefficient (Wildman–Crippen LogP) is 5.83. The Morgan fingerprint density at radius 1 is 0.833 bits per heavy atom. The van der Waals surface area contributed by atoms with Crippen molar-refractivity contribution < 1.29 is 4.52 Å². The van der Waals surface area contributed by atoms with Crippen molar-refractivity contribution in [2.75, 3.05) is 0 Å². The summed E-state index contributed by atoms with van der Waals surface area (Å²) in [4.78, 5) is 14.1. The highest BCUT2D eigenvalue weighted by Crippen LogP contribution is 2.27. The average molecular weight is 401 g/mol. The van der Waals surface area contributed by atoms with Gasteiger partial charge in [-0.3, -0.25) is 4.98 Å². The molecule has 0 aliphatic rings. The number of hydrogen-bond donors (Lipinski definition) is 0. The Kier molecular flexibility index (Phi) is 5.88. The van der Waals surface area contributed by atoms with Gasteiger partial charge in [0, 0.05) is 41.0 Å². The van der Waals surface area contributed by atoms with Gasteiger partial charge in [-0.25, -0.2) is 9.97 Å². The van der Waals surface area contributed by atoms with E-state index in [1.54, 1.807) is 0 Å². The quantitative estimate of drug-likeness (QED) is 0.390. The van der Waals surface area contributed by atoms with Gasteiger partial charge in [-0.2, -0.15) is 0 Å². The molecule has 0 fully saturated rings. The zero-order valence-electron chi connectivity index (χ0n) is 18.0. The molecule has 3 heterocycles. The van der Waals surface area contributed by atoms with Gasteiger partial charge >= 0.3 is 0 Å². The van der Waals surface area contributed by atoms with E-state index in [0.29, 0.717) is 5.92 Å². The first kappa shape index (κ1) is 20.2. The third-order valence-corrected chi connectivity index (χ3v) is 5.52. The van der Waals surface area contributed by atoms with Crippen LogP contribution in [0, 0.1) is 0 Å². The zero-order valence-corrected chi connectivity index (χ0v) is 18.0. The molecule has 0 saturated carbocycles. The van der Waals surface area contributed by atoms with Crippen LogP contribution in [0.4, 0.5) is 0 Å². The van der Waals surface area contributed by atoms with Crippen molar-refractivity contribution in [1.29, 1.82) is 0 Å². The lowest BCUT2D eigenvalue weighted by Crippen LogP contribution is -2.08. The van der Waals surface area contributed by atoms with Crippen LogP contribution in [-0.2, 0) is 12.8 Å². The highest BCUT2D eigenvalue weighted by Gasteiger charge is 2.17. The van der Waals surface area contributed by atoms with Gasteiger partial charge in [0.25, 0.3) is 0 Å². The smallest absolute Gasteiger partial charge is 0.167 e. The van der Waals surface area contributed by atoms with E-state index in [0.717, 1.165) is 52.3 Å². The number of fused-ring (bicyclic) bond motifs is 1. The number of rotatable bonds is 7. The van der Waals surface area contributed by atoms with Gasteiger partial charge in [-0.15, -0.1) is 0 Å². The molecule has 5 heteroatoms. The lowest BCUT2D eigenvalue weighted by molar-refractivity contribution is 0.438. The number of aromatic nitrogens is 4. The Hall–Kier alpha value is -3.08. The molecular formula is C25H28N4O. The van der Waals surface area contributed by atoms with Crippen LogP contribution >= 0.6 is 0 Å². The van der Waals surface area contributed by atoms with E-state index in [1.807, 2.05) is 30.6 Å². The Bertz CT molecular complexity index is 1120. The van der Waals surface area contributed by atoms with E-state index in [1.165, 1.54) is 0 Å². The Balaban J connectivity index is 1.43. The normalized spacial score (nSPS) is 13.6. The van der Waals surface area contributed by atoms with Crippen molar-refractivity contribution in [3.8, 4) is 0 Å². The third-order valence-electron chi connectivity index (χ3n) is 5.52. The first-order valence-corrected chi connectivity index (χ1v) is 10.6. The molecule has 154 valence electrons. The number of pyridine rings is 1. The SMILES string of the molecule is CC(C)c1cccc(CC(C)c2ncc(CC(C)c3noc4ccccc34)cn2)n1. The fourth-order valence-electron chi connectivity index (χ4n) is 3.77. The van der Waals surface area contributed by atoms with E-state index in [-0.39, 0.29) is 11.8 Å². The molecule has 0 bridgehead atoms. The summed E-state index contributed by atoms with van der Waals surface area (Å²) in [5.41, 5.74) is 5.14. The van der Waals surface area contributed by atoms with Crippen LogP contribution in [0.3, 0.4) is 0 Å². The zero-order chi connectivity index (χ0) is 21.1. The highest BCUT2D eigenvalue weighted by molar-refractivity contribution is 5.79. The van der Waals surface area contributed by atoms with E-state index in [2.05, 4.69) is 67.1 Å². The lowest BCUT2D eigenvalue weighted by Gasteiger charge is -2.13. The molecule has 3 aromatic heterocycles. The molecule has 1 aromatic carbocycles. The van der Waals surface area contributed by atoms with E-state index >= 15 is 0 Å². The predicted molar refractivity (Wildman–Crippen MR) is 119 cm³/mol. The minimum Gasteiger partial charge on any atom is -0.356 e. The molecule has 0 saturated heterocycles. The minimum atomic E-state index is 0.214. The van der Waals surface area contributed by atoms with E-state index in [9.17, 15) is 0 Å². The summed E-state index contributed by atoms with van der Waals surface area (Å²) in [5, 5.41) is 5.36. The Labute approximate surface area is 177 Å². The first-order valence-electron chi connectivity index (χ1n) is 10.6. The number of nitrogens with zero attached hydrogens (tertiary/aromatic N) is 4. The van der Waals surface area contributed by atoms with Crippen LogP contribution < -0.4 is 0 Å². The minimum absolute atomic E-state index is 0.214. The first-order chi connectivity index (χ1) is 14.5. The van der Waals surface area contributed by atoms with Gasteiger partial charge in [-0.05, 0) is 48.6 Å². The van der Waals surface area contributed by atoms with Crippen molar-refractivity contribution in [3.05, 3.63) is 83.3 Å². The fourth-order valence-corrected chi connectivity index (χ4v) is 3.77. The lowest BCUT2D eigenvalue weighted by atomic mass is 9.97. The Morgan fingerprint density at radius 2 is 1.60 bits per heavy atom. The molecule has 30 heavy (non-hydrogen) atoms. The summed E-state index contributed by atoms with van der Waals surface area (Å²) in [5.74, 6) is 1.73. The second kappa shape index (κ2) is 8.74. The summed E-state index contributed by atoms with van der Waals surface area (Å²) in [6.45, 7) is 8.65. The molecule has 0 radical (unpaired) electrons. The van der Waals surface area contributed by atoms with Crippen molar-refractivity contribution in [2.45, 2.75) is 58.3 Å². The molecule has 5 nitrogen and oxygen atoms in total. The van der Waals surface area contributed by atoms with Gasteiger partial charge in [0.15, 0.2) is 5.58 Å². The maximum absolute atomic E-state index is 5.45. The maximum atomic E-state index is 5.45. The number of hydrogen-bond acceptors (Lipinski definition) is 5. The van der Waals surface area contributed by atoms with Crippen molar-refractivity contribution >= 4 is 11.0 Å². The third kappa shape index (κ3) is 4.40. The molecule has 2 atom stereocenters. The van der Waals surface area contributed by atoms with Crippen LogP contribution in [0.15, 0.2) is 59.4 Å². The Morgan fingerprint density at radius 3 is 2.37 bits per heavy atom. The second-order valence-electron chi connectivity index (χ2n) is 8.43. The molecule has 2 unspecified atom stereocenters.